The van der Waals surface area contributed by atoms with Crippen molar-refractivity contribution in [1.82, 2.24) is 9.88 Å². The van der Waals surface area contributed by atoms with Crippen molar-refractivity contribution in [2.24, 2.45) is 5.73 Å². The number of carbonyl (C=O) groups excluding carboxylic acids is 2. The molecule has 5 rings (SSSR count). The quantitative estimate of drug-likeness (QED) is 0.396. The number of nitrogens with one attached hydrogen (secondary N) is 1. The zero-order chi connectivity index (χ0) is 19.6. The zero-order valence-electron chi connectivity index (χ0n) is 15.0. The number of phenols is 2. The summed E-state index contributed by atoms with van der Waals surface area (Å²) in [5.74, 6) is -1.51. The number of likely N-dealkylation sites (tertiary alicyclic amines) is 1. The van der Waals surface area contributed by atoms with E-state index >= 15 is 0 Å². The highest BCUT2D eigenvalue weighted by Crippen LogP contribution is 2.45. The number of rotatable bonds is 2. The van der Waals surface area contributed by atoms with Gasteiger partial charge in [-0.3, -0.25) is 14.5 Å². The van der Waals surface area contributed by atoms with E-state index in [-0.39, 0.29) is 45.3 Å². The lowest BCUT2D eigenvalue weighted by atomic mass is 9.82. The number of aromatic nitrogens is 1. The fraction of sp³-hybridized carbons (Fsp3) is 0.238. The molecule has 1 aliphatic heterocycles. The molecule has 1 aliphatic carbocycles. The standard InChI is InChI=1S/C21H19N3O4/c22-11-5-6-24(9-11)8-10-7-23-17-14(10)20(27)15-16(21(17)28)19(26)13-4-2-1-3-12(13)18(15)25/h1-4,7,11,23,27-28H,5-6,8-9,22H2/t11-/m1/s1. The number of carbonyl (C=O) groups is 2. The number of ketones is 2. The molecule has 0 unspecified atom stereocenters. The molecular formula is C21H19N3O4. The third kappa shape index (κ3) is 2.23. The lowest BCUT2D eigenvalue weighted by molar-refractivity contribution is 0.0974. The molecule has 7 nitrogen and oxygen atoms in total. The molecule has 0 radical (unpaired) electrons. The second kappa shape index (κ2) is 5.92. The van der Waals surface area contributed by atoms with Crippen LogP contribution in [0.2, 0.25) is 0 Å². The third-order valence-corrected chi connectivity index (χ3v) is 5.73. The molecule has 2 heterocycles. The number of nitrogens with two attached hydrogens (primary N) is 1. The van der Waals surface area contributed by atoms with E-state index in [1.165, 1.54) is 0 Å². The van der Waals surface area contributed by atoms with E-state index in [9.17, 15) is 19.8 Å². The highest BCUT2D eigenvalue weighted by atomic mass is 16.3. The number of aromatic amines is 1. The Hall–Kier alpha value is -3.16. The molecule has 1 aromatic heterocycles. The van der Waals surface area contributed by atoms with Crippen LogP contribution in [-0.4, -0.2) is 50.8 Å². The maximum Gasteiger partial charge on any atom is 0.198 e. The van der Waals surface area contributed by atoms with Gasteiger partial charge in [-0.1, -0.05) is 24.3 Å². The van der Waals surface area contributed by atoms with Crippen molar-refractivity contribution < 1.29 is 19.8 Å². The maximum absolute atomic E-state index is 13.0. The SMILES string of the molecule is N[C@@H]1CCN(Cc2c[nH]c3c(O)c4c(c(O)c23)C(=O)c2ccccc2C4=O)C1. The van der Waals surface area contributed by atoms with Crippen LogP contribution in [0.15, 0.2) is 30.5 Å². The molecule has 1 fully saturated rings. The summed E-state index contributed by atoms with van der Waals surface area (Å²) in [5.41, 5.74) is 7.16. The van der Waals surface area contributed by atoms with E-state index in [1.54, 1.807) is 30.5 Å². The molecular weight excluding hydrogens is 358 g/mol. The molecule has 1 saturated heterocycles. The van der Waals surface area contributed by atoms with Crippen LogP contribution in [0.1, 0.15) is 43.8 Å². The molecule has 5 N–H and O–H groups in total. The highest BCUT2D eigenvalue weighted by Gasteiger charge is 2.37. The summed E-state index contributed by atoms with van der Waals surface area (Å²) in [5, 5.41) is 22.2. The van der Waals surface area contributed by atoms with E-state index in [0.717, 1.165) is 25.1 Å². The number of H-pyrrole nitrogens is 1. The Morgan fingerprint density at radius 1 is 1.07 bits per heavy atom. The number of phenolic OH excluding ortho intramolecular Hbond substituents is 2. The van der Waals surface area contributed by atoms with Crippen LogP contribution in [0.4, 0.5) is 0 Å². The summed E-state index contributed by atoms with van der Waals surface area (Å²) in [4.78, 5) is 31.1. The predicted octanol–water partition coefficient (Wildman–Crippen LogP) is 1.89. The van der Waals surface area contributed by atoms with Gasteiger partial charge in [0.25, 0.3) is 0 Å². The molecule has 1 atom stereocenters. The minimum Gasteiger partial charge on any atom is -0.506 e. The van der Waals surface area contributed by atoms with Gasteiger partial charge in [0.15, 0.2) is 17.3 Å². The molecule has 0 amide bonds. The highest BCUT2D eigenvalue weighted by molar-refractivity contribution is 6.32. The molecule has 28 heavy (non-hydrogen) atoms. The Balaban J connectivity index is 1.71. The molecule has 7 heteroatoms. The largest absolute Gasteiger partial charge is 0.506 e. The maximum atomic E-state index is 13.0. The number of nitrogens with zero attached hydrogens (tertiary/aromatic N) is 1. The number of benzene rings is 2. The molecule has 0 spiro atoms. The van der Waals surface area contributed by atoms with Gasteiger partial charge in [-0.2, -0.15) is 0 Å². The van der Waals surface area contributed by atoms with Crippen LogP contribution >= 0.6 is 0 Å². The Morgan fingerprint density at radius 2 is 1.71 bits per heavy atom. The summed E-state index contributed by atoms with van der Waals surface area (Å²) >= 11 is 0. The van der Waals surface area contributed by atoms with Crippen molar-refractivity contribution in [1.29, 1.82) is 0 Å². The van der Waals surface area contributed by atoms with Gasteiger partial charge in [-0.15, -0.1) is 0 Å². The third-order valence-electron chi connectivity index (χ3n) is 5.73. The van der Waals surface area contributed by atoms with E-state index in [0.29, 0.717) is 11.9 Å². The molecule has 0 saturated carbocycles. The Labute approximate surface area is 160 Å². The van der Waals surface area contributed by atoms with Crippen LogP contribution in [-0.2, 0) is 6.54 Å². The van der Waals surface area contributed by atoms with Crippen molar-refractivity contribution in [3.8, 4) is 11.5 Å². The fourth-order valence-corrected chi connectivity index (χ4v) is 4.37. The average molecular weight is 377 g/mol. The first kappa shape index (κ1) is 17.0. The van der Waals surface area contributed by atoms with Crippen molar-refractivity contribution >= 4 is 22.5 Å². The first-order valence-electron chi connectivity index (χ1n) is 9.21. The average Bonchev–Trinajstić information content (AvgIpc) is 3.29. The van der Waals surface area contributed by atoms with Gasteiger partial charge in [-0.25, -0.2) is 0 Å². The molecule has 0 bridgehead atoms. The summed E-state index contributed by atoms with van der Waals surface area (Å²) in [7, 11) is 0. The van der Waals surface area contributed by atoms with Crippen LogP contribution in [0.3, 0.4) is 0 Å². The zero-order valence-corrected chi connectivity index (χ0v) is 15.0. The normalized spacial score (nSPS) is 19.2. The molecule has 3 aromatic rings. The number of aromatic hydroxyl groups is 2. The van der Waals surface area contributed by atoms with E-state index in [1.807, 2.05) is 0 Å². The summed E-state index contributed by atoms with van der Waals surface area (Å²) in [6.45, 7) is 2.11. The number of fused-ring (bicyclic) bond motifs is 3. The van der Waals surface area contributed by atoms with Gasteiger partial charge in [0.2, 0.25) is 0 Å². The monoisotopic (exact) mass is 377 g/mol. The van der Waals surface area contributed by atoms with E-state index < -0.39 is 11.6 Å². The summed E-state index contributed by atoms with van der Waals surface area (Å²) in [6.07, 6.45) is 2.60. The fourth-order valence-electron chi connectivity index (χ4n) is 4.37. The first-order chi connectivity index (χ1) is 13.5. The van der Waals surface area contributed by atoms with E-state index in [2.05, 4.69) is 9.88 Å². The van der Waals surface area contributed by atoms with Gasteiger partial charge in [0, 0.05) is 43.0 Å². The van der Waals surface area contributed by atoms with Gasteiger partial charge in [-0.05, 0) is 12.0 Å². The minimum atomic E-state index is -0.471. The lowest BCUT2D eigenvalue weighted by Gasteiger charge is -2.21. The molecule has 2 aromatic carbocycles. The van der Waals surface area contributed by atoms with Crippen molar-refractivity contribution in [3.63, 3.8) is 0 Å². The lowest BCUT2D eigenvalue weighted by Crippen LogP contribution is -2.26. The summed E-state index contributed by atoms with van der Waals surface area (Å²) in [6, 6.07) is 6.56. The van der Waals surface area contributed by atoms with Crippen molar-refractivity contribution in [2.45, 2.75) is 19.0 Å². The summed E-state index contributed by atoms with van der Waals surface area (Å²) < 4.78 is 0. The van der Waals surface area contributed by atoms with Crippen molar-refractivity contribution in [2.75, 3.05) is 13.1 Å². The predicted molar refractivity (Wildman–Crippen MR) is 103 cm³/mol. The van der Waals surface area contributed by atoms with Gasteiger partial charge < -0.3 is 20.9 Å². The van der Waals surface area contributed by atoms with Gasteiger partial charge >= 0.3 is 0 Å². The smallest absolute Gasteiger partial charge is 0.198 e. The Bertz CT molecular complexity index is 1160. The number of hydrogen-bond donors (Lipinski definition) is 4. The second-order valence-electron chi connectivity index (χ2n) is 7.50. The Morgan fingerprint density at radius 3 is 2.32 bits per heavy atom. The van der Waals surface area contributed by atoms with Gasteiger partial charge in [0.05, 0.1) is 22.0 Å². The van der Waals surface area contributed by atoms with Crippen LogP contribution in [0.25, 0.3) is 10.9 Å². The minimum absolute atomic E-state index is 0.121. The van der Waals surface area contributed by atoms with Crippen LogP contribution < -0.4 is 5.73 Å². The molecule has 142 valence electrons. The topological polar surface area (TPSA) is 120 Å². The van der Waals surface area contributed by atoms with Crippen LogP contribution in [0.5, 0.6) is 11.5 Å². The Kier molecular flexibility index (Phi) is 3.59. The van der Waals surface area contributed by atoms with Crippen molar-refractivity contribution in [3.05, 3.63) is 58.3 Å². The van der Waals surface area contributed by atoms with Gasteiger partial charge in [0.1, 0.15) is 5.75 Å². The first-order valence-corrected chi connectivity index (χ1v) is 9.21. The van der Waals surface area contributed by atoms with Crippen LogP contribution in [0, 0.1) is 0 Å². The second-order valence-corrected chi connectivity index (χ2v) is 7.50. The van der Waals surface area contributed by atoms with E-state index in [4.69, 9.17) is 5.73 Å². The molecule has 2 aliphatic rings. The number of hydrogen-bond acceptors (Lipinski definition) is 6.